The van der Waals surface area contributed by atoms with Crippen LogP contribution in [0.15, 0.2) is 4.52 Å². The number of rotatable bonds is 12. The first-order valence-corrected chi connectivity index (χ1v) is 16.2. The van der Waals surface area contributed by atoms with E-state index in [4.69, 9.17) is 25.6 Å². The van der Waals surface area contributed by atoms with Gasteiger partial charge in [0.05, 0.1) is 16.7 Å². The smallest absolute Gasteiger partial charge is 0.186 e. The summed E-state index contributed by atoms with van der Waals surface area (Å²) in [5.74, 6) is 2.52. The summed E-state index contributed by atoms with van der Waals surface area (Å²) >= 11 is 1.46. The molecule has 42 heavy (non-hydrogen) atoms. The first-order chi connectivity index (χ1) is 20.5. The van der Waals surface area contributed by atoms with Crippen molar-refractivity contribution in [3.63, 3.8) is 0 Å². The van der Waals surface area contributed by atoms with E-state index in [1.54, 1.807) is 0 Å². The van der Waals surface area contributed by atoms with Crippen LogP contribution in [0, 0.1) is 16.7 Å². The lowest BCUT2D eigenvalue weighted by molar-refractivity contribution is 0.322. The Morgan fingerprint density at radius 2 is 1.95 bits per heavy atom. The number of hydrogen-bond acceptors (Lipinski definition) is 11. The minimum atomic E-state index is 0.421. The molecule has 0 aliphatic carbocycles. The van der Waals surface area contributed by atoms with E-state index in [-0.39, 0.29) is 0 Å². The SMILES string of the molecule is CCCCc1c(-c2nc(NCC3CCCN3C)c(C=N)c(N3CCCCC3)n2)noc1-c1c(CCC)sc(N)c1C#N. The predicted molar refractivity (Wildman–Crippen MR) is 171 cm³/mol. The zero-order chi connectivity index (χ0) is 29.6. The Morgan fingerprint density at radius 3 is 2.62 bits per heavy atom. The molecule has 2 saturated heterocycles. The number of nitriles is 1. The van der Waals surface area contributed by atoms with Crippen LogP contribution in [0.3, 0.4) is 0 Å². The minimum Gasteiger partial charge on any atom is -0.389 e. The van der Waals surface area contributed by atoms with Crippen molar-refractivity contribution in [2.75, 3.05) is 49.2 Å². The van der Waals surface area contributed by atoms with E-state index in [1.807, 2.05) is 0 Å². The number of aromatic nitrogens is 3. The number of nitrogens with two attached hydrogens (primary N) is 1. The highest BCUT2D eigenvalue weighted by atomic mass is 32.1. The number of nitrogen functional groups attached to an aromatic ring is 1. The van der Waals surface area contributed by atoms with Crippen molar-refractivity contribution in [1.82, 2.24) is 20.0 Å². The monoisotopic (exact) mass is 589 g/mol. The summed E-state index contributed by atoms with van der Waals surface area (Å²) in [6.45, 7) is 7.92. The third kappa shape index (κ3) is 6.01. The highest BCUT2D eigenvalue weighted by Crippen LogP contribution is 2.43. The molecule has 10 nitrogen and oxygen atoms in total. The molecule has 4 N–H and O–H groups in total. The van der Waals surface area contributed by atoms with Crippen molar-refractivity contribution in [3.05, 3.63) is 21.6 Å². The molecule has 224 valence electrons. The van der Waals surface area contributed by atoms with Gasteiger partial charge < -0.3 is 30.8 Å². The second-order valence-corrected chi connectivity index (χ2v) is 12.6. The van der Waals surface area contributed by atoms with E-state index >= 15 is 0 Å². The molecule has 5 heterocycles. The van der Waals surface area contributed by atoms with Crippen LogP contribution >= 0.6 is 11.3 Å². The molecule has 3 aromatic rings. The number of unbranched alkanes of at least 4 members (excludes halogenated alkanes) is 1. The summed E-state index contributed by atoms with van der Waals surface area (Å²) in [5.41, 5.74) is 9.76. The second kappa shape index (κ2) is 13.7. The summed E-state index contributed by atoms with van der Waals surface area (Å²) in [6, 6.07) is 2.74. The maximum absolute atomic E-state index is 10.0. The van der Waals surface area contributed by atoms with Crippen LogP contribution in [0.25, 0.3) is 22.8 Å². The van der Waals surface area contributed by atoms with Crippen LogP contribution in [-0.2, 0) is 12.8 Å². The van der Waals surface area contributed by atoms with Gasteiger partial charge in [0.2, 0.25) is 0 Å². The zero-order valence-corrected chi connectivity index (χ0v) is 25.9. The number of piperidine rings is 1. The summed E-state index contributed by atoms with van der Waals surface area (Å²) < 4.78 is 6.10. The summed E-state index contributed by atoms with van der Waals surface area (Å²) in [7, 11) is 2.16. The molecular weight excluding hydrogens is 546 g/mol. The molecule has 0 radical (unpaired) electrons. The van der Waals surface area contributed by atoms with E-state index in [1.165, 1.54) is 30.4 Å². The van der Waals surface area contributed by atoms with Crippen molar-refractivity contribution in [3.8, 4) is 28.9 Å². The quantitative estimate of drug-likeness (QED) is 0.213. The fraction of sp³-hybridized carbons (Fsp3) is 0.581. The van der Waals surface area contributed by atoms with Gasteiger partial charge in [-0.05, 0) is 65.0 Å². The lowest BCUT2D eigenvalue weighted by atomic mass is 9.98. The normalized spacial score (nSPS) is 17.5. The van der Waals surface area contributed by atoms with Crippen molar-refractivity contribution >= 4 is 34.2 Å². The van der Waals surface area contributed by atoms with Gasteiger partial charge in [-0.15, -0.1) is 11.3 Å². The van der Waals surface area contributed by atoms with Gasteiger partial charge in [0.25, 0.3) is 0 Å². The standard InChI is InChI=1S/C31H43N9OS/c1-4-6-13-21-26(38-41-27(21)25-22(17-32)28(34)42-24(25)11-5-2)30-36-29(35-19-20-12-10-14-39(20)3)23(18-33)31(37-30)40-15-8-7-9-16-40/h18,20,33H,4-16,19,34H2,1-3H3,(H,35,36,37). The third-order valence-electron chi connectivity index (χ3n) is 8.51. The molecule has 3 aromatic heterocycles. The van der Waals surface area contributed by atoms with E-state index in [9.17, 15) is 5.26 Å². The Bertz CT molecular complexity index is 1430. The van der Waals surface area contributed by atoms with Crippen molar-refractivity contribution < 1.29 is 4.52 Å². The topological polar surface area (TPSA) is 144 Å². The average molecular weight is 590 g/mol. The largest absolute Gasteiger partial charge is 0.389 e. The van der Waals surface area contributed by atoms with Crippen molar-refractivity contribution in [1.29, 1.82) is 10.7 Å². The second-order valence-electron chi connectivity index (χ2n) is 11.4. The molecule has 1 unspecified atom stereocenters. The average Bonchev–Trinajstić information content (AvgIpc) is 3.70. The van der Waals surface area contributed by atoms with E-state index in [2.05, 4.69) is 47.2 Å². The molecule has 2 aliphatic heterocycles. The molecule has 0 bridgehead atoms. The predicted octanol–water partition coefficient (Wildman–Crippen LogP) is 6.10. The highest BCUT2D eigenvalue weighted by Gasteiger charge is 2.30. The molecule has 0 aromatic carbocycles. The van der Waals surface area contributed by atoms with E-state index < -0.39 is 0 Å². The first kappa shape index (κ1) is 30.0. The number of nitrogens with one attached hydrogen (secondary N) is 2. The Morgan fingerprint density at radius 1 is 1.14 bits per heavy atom. The molecule has 0 spiro atoms. The molecule has 0 amide bonds. The van der Waals surface area contributed by atoms with Crippen LogP contribution in [0.1, 0.15) is 86.8 Å². The van der Waals surface area contributed by atoms with Gasteiger partial charge >= 0.3 is 0 Å². The zero-order valence-electron chi connectivity index (χ0n) is 25.1. The molecular formula is C31H43N9OS. The molecule has 5 rings (SSSR count). The van der Waals surface area contributed by atoms with Crippen LogP contribution in [-0.4, -0.2) is 65.5 Å². The van der Waals surface area contributed by atoms with Gasteiger partial charge in [-0.2, -0.15) is 5.26 Å². The number of likely N-dealkylation sites (N-methyl/N-ethyl adjacent to an activating group) is 1. The first-order valence-electron chi connectivity index (χ1n) is 15.4. The van der Waals surface area contributed by atoms with E-state index in [0.717, 1.165) is 99.4 Å². The van der Waals surface area contributed by atoms with Crippen LogP contribution < -0.4 is 16.0 Å². The number of hydrogen-bond donors (Lipinski definition) is 3. The molecule has 0 saturated carbocycles. The van der Waals surface area contributed by atoms with Gasteiger partial charge in [0.1, 0.15) is 22.7 Å². The number of likely N-dealkylation sites (tertiary alicyclic amines) is 1. The lowest BCUT2D eigenvalue weighted by Crippen LogP contribution is -2.33. The molecule has 2 fully saturated rings. The lowest BCUT2D eigenvalue weighted by Gasteiger charge is -2.30. The molecule has 2 aliphatic rings. The van der Waals surface area contributed by atoms with Crippen LogP contribution in [0.4, 0.5) is 16.6 Å². The summed E-state index contributed by atoms with van der Waals surface area (Å²) in [6.07, 6.45) is 11.5. The fourth-order valence-corrected chi connectivity index (χ4v) is 7.27. The van der Waals surface area contributed by atoms with Gasteiger partial charge in [0.15, 0.2) is 17.3 Å². The maximum atomic E-state index is 10.0. The van der Waals surface area contributed by atoms with Gasteiger partial charge in [-0.25, -0.2) is 9.97 Å². The summed E-state index contributed by atoms with van der Waals surface area (Å²) in [5, 5.41) is 27.1. The molecule has 1 atom stereocenters. The van der Waals surface area contributed by atoms with Gasteiger partial charge in [-0.1, -0.05) is 31.8 Å². The number of nitrogens with zero attached hydrogens (tertiary/aromatic N) is 6. The Kier molecular flexibility index (Phi) is 9.75. The van der Waals surface area contributed by atoms with E-state index in [0.29, 0.717) is 45.3 Å². The Hall–Kier alpha value is -3.49. The van der Waals surface area contributed by atoms with Crippen molar-refractivity contribution in [2.45, 2.75) is 84.1 Å². The number of anilines is 3. The van der Waals surface area contributed by atoms with Crippen LogP contribution in [0.5, 0.6) is 0 Å². The fourth-order valence-electron chi connectivity index (χ4n) is 6.15. The van der Waals surface area contributed by atoms with Gasteiger partial charge in [0, 0.05) is 42.3 Å². The maximum Gasteiger partial charge on any atom is 0.186 e. The van der Waals surface area contributed by atoms with Crippen molar-refractivity contribution in [2.24, 2.45) is 0 Å². The Labute approximate surface area is 252 Å². The minimum absolute atomic E-state index is 0.421. The molecule has 11 heteroatoms. The van der Waals surface area contributed by atoms with Crippen LogP contribution in [0.2, 0.25) is 0 Å². The number of aryl methyl sites for hydroxylation is 1. The highest BCUT2D eigenvalue weighted by molar-refractivity contribution is 7.16. The number of thiophene rings is 1. The third-order valence-corrected chi connectivity index (χ3v) is 9.59. The summed E-state index contributed by atoms with van der Waals surface area (Å²) in [4.78, 5) is 15.8. The Balaban J connectivity index is 1.65. The van der Waals surface area contributed by atoms with Gasteiger partial charge in [-0.3, -0.25) is 0 Å².